The van der Waals surface area contributed by atoms with Gasteiger partial charge in [0, 0.05) is 24.2 Å². The van der Waals surface area contributed by atoms with Gasteiger partial charge in [0.1, 0.15) is 5.75 Å². The fourth-order valence-corrected chi connectivity index (χ4v) is 2.28. The number of rotatable bonds is 6. The van der Waals surface area contributed by atoms with Gasteiger partial charge in [-0.1, -0.05) is 13.8 Å². The van der Waals surface area contributed by atoms with Crippen LogP contribution in [0.5, 0.6) is 17.2 Å². The highest BCUT2D eigenvalue weighted by molar-refractivity contribution is 5.50. The Hall–Kier alpha value is -1.42. The van der Waals surface area contributed by atoms with Crippen molar-refractivity contribution in [3.8, 4) is 17.2 Å². The number of hydrogen-bond donors (Lipinski definition) is 1. The van der Waals surface area contributed by atoms with Gasteiger partial charge in [-0.15, -0.1) is 0 Å². The van der Waals surface area contributed by atoms with Crippen molar-refractivity contribution in [3.05, 3.63) is 17.7 Å². The topological polar surface area (TPSA) is 39.7 Å². The van der Waals surface area contributed by atoms with E-state index in [2.05, 4.69) is 19.2 Å². The molecule has 1 fully saturated rings. The summed E-state index contributed by atoms with van der Waals surface area (Å²) in [6.45, 7) is 5.32. The summed E-state index contributed by atoms with van der Waals surface area (Å²) < 4.78 is 16.0. The molecular formula is C15H23NO3. The maximum atomic E-state index is 5.42. The van der Waals surface area contributed by atoms with Crippen molar-refractivity contribution in [2.24, 2.45) is 5.41 Å². The molecule has 0 bridgehead atoms. The SMILES string of the molecule is COc1cc(OC)c(OC)cc1CNC1CC1(C)C. The Balaban J connectivity index is 2.14. The number of nitrogens with one attached hydrogen (secondary N) is 1. The zero-order chi connectivity index (χ0) is 14.0. The zero-order valence-electron chi connectivity index (χ0n) is 12.4. The summed E-state index contributed by atoms with van der Waals surface area (Å²) in [4.78, 5) is 0. The lowest BCUT2D eigenvalue weighted by atomic mass is 10.1. The van der Waals surface area contributed by atoms with E-state index in [1.54, 1.807) is 21.3 Å². The third kappa shape index (κ3) is 2.95. The first-order chi connectivity index (χ1) is 9.01. The van der Waals surface area contributed by atoms with Crippen molar-refractivity contribution >= 4 is 0 Å². The van der Waals surface area contributed by atoms with Crippen LogP contribution in [0.1, 0.15) is 25.8 Å². The summed E-state index contributed by atoms with van der Waals surface area (Å²) in [6, 6.07) is 4.43. The van der Waals surface area contributed by atoms with Crippen molar-refractivity contribution in [2.75, 3.05) is 21.3 Å². The van der Waals surface area contributed by atoms with Crippen LogP contribution in [0.4, 0.5) is 0 Å². The van der Waals surface area contributed by atoms with Gasteiger partial charge in [-0.2, -0.15) is 0 Å². The molecule has 1 aromatic rings. The van der Waals surface area contributed by atoms with E-state index in [1.807, 2.05) is 12.1 Å². The van der Waals surface area contributed by atoms with E-state index in [1.165, 1.54) is 6.42 Å². The van der Waals surface area contributed by atoms with Gasteiger partial charge in [-0.05, 0) is 17.9 Å². The van der Waals surface area contributed by atoms with Crippen LogP contribution in [0, 0.1) is 5.41 Å². The first kappa shape index (κ1) is 14.0. The second-order valence-corrected chi connectivity index (χ2v) is 5.65. The van der Waals surface area contributed by atoms with Crippen LogP contribution in [0.2, 0.25) is 0 Å². The van der Waals surface area contributed by atoms with E-state index in [0.29, 0.717) is 17.2 Å². The highest BCUT2D eigenvalue weighted by Gasteiger charge is 2.45. The van der Waals surface area contributed by atoms with Crippen LogP contribution in [-0.4, -0.2) is 27.4 Å². The van der Waals surface area contributed by atoms with Crippen LogP contribution < -0.4 is 19.5 Å². The average Bonchev–Trinajstić information content (AvgIpc) is 3.02. The standard InChI is InChI=1S/C15H23NO3/c1-15(2)8-14(15)16-9-10-6-12(18-4)13(19-5)7-11(10)17-3/h6-7,14,16H,8-9H2,1-5H3. The first-order valence-corrected chi connectivity index (χ1v) is 6.54. The highest BCUT2D eigenvalue weighted by atomic mass is 16.5. The molecule has 1 unspecified atom stereocenters. The maximum absolute atomic E-state index is 5.42. The maximum Gasteiger partial charge on any atom is 0.164 e. The molecule has 0 spiro atoms. The third-order valence-corrected chi connectivity index (χ3v) is 3.84. The van der Waals surface area contributed by atoms with Crippen LogP contribution in [0.15, 0.2) is 12.1 Å². The Labute approximate surface area is 115 Å². The molecule has 0 saturated heterocycles. The van der Waals surface area contributed by atoms with Gasteiger partial charge >= 0.3 is 0 Å². The van der Waals surface area contributed by atoms with E-state index in [0.717, 1.165) is 23.6 Å². The minimum atomic E-state index is 0.420. The van der Waals surface area contributed by atoms with Gasteiger partial charge in [0.2, 0.25) is 0 Å². The Kier molecular flexibility index (Phi) is 3.90. The monoisotopic (exact) mass is 265 g/mol. The Morgan fingerprint density at radius 3 is 2.05 bits per heavy atom. The third-order valence-electron chi connectivity index (χ3n) is 3.84. The van der Waals surface area contributed by atoms with Crippen LogP contribution in [-0.2, 0) is 6.54 Å². The summed E-state index contributed by atoms with van der Waals surface area (Å²) >= 11 is 0. The van der Waals surface area contributed by atoms with Gasteiger partial charge in [0.05, 0.1) is 21.3 Å². The molecule has 1 aliphatic rings. The lowest BCUT2D eigenvalue weighted by Gasteiger charge is -2.15. The smallest absolute Gasteiger partial charge is 0.164 e. The quantitative estimate of drug-likeness (QED) is 0.858. The normalized spacial score (nSPS) is 19.9. The van der Waals surface area contributed by atoms with Gasteiger partial charge in [0.15, 0.2) is 11.5 Å². The van der Waals surface area contributed by atoms with E-state index in [4.69, 9.17) is 14.2 Å². The summed E-state index contributed by atoms with van der Waals surface area (Å²) in [5, 5.41) is 3.55. The van der Waals surface area contributed by atoms with Crippen molar-refractivity contribution in [2.45, 2.75) is 32.9 Å². The van der Waals surface area contributed by atoms with Crippen LogP contribution >= 0.6 is 0 Å². The Bertz CT molecular complexity index is 457. The average molecular weight is 265 g/mol. The number of benzene rings is 1. The molecule has 19 heavy (non-hydrogen) atoms. The lowest BCUT2D eigenvalue weighted by molar-refractivity contribution is 0.347. The van der Waals surface area contributed by atoms with Gasteiger partial charge in [-0.25, -0.2) is 0 Å². The lowest BCUT2D eigenvalue weighted by Crippen LogP contribution is -2.20. The van der Waals surface area contributed by atoms with Crippen molar-refractivity contribution < 1.29 is 14.2 Å². The molecule has 0 radical (unpaired) electrons. The minimum absolute atomic E-state index is 0.420. The zero-order valence-corrected chi connectivity index (χ0v) is 12.4. The fraction of sp³-hybridized carbons (Fsp3) is 0.600. The molecule has 4 heteroatoms. The summed E-state index contributed by atoms with van der Waals surface area (Å²) in [7, 11) is 4.94. The number of ether oxygens (including phenoxy) is 3. The minimum Gasteiger partial charge on any atom is -0.496 e. The Morgan fingerprint density at radius 1 is 1.05 bits per heavy atom. The molecule has 1 atom stereocenters. The van der Waals surface area contributed by atoms with Gasteiger partial charge in [-0.3, -0.25) is 0 Å². The fourth-order valence-electron chi connectivity index (χ4n) is 2.28. The van der Waals surface area contributed by atoms with E-state index < -0.39 is 0 Å². The molecule has 106 valence electrons. The summed E-state index contributed by atoms with van der Waals surface area (Å²) in [6.07, 6.45) is 1.22. The number of hydrogen-bond acceptors (Lipinski definition) is 4. The van der Waals surface area contributed by atoms with Gasteiger partial charge in [0.25, 0.3) is 0 Å². The van der Waals surface area contributed by atoms with Crippen molar-refractivity contribution in [1.29, 1.82) is 0 Å². The predicted octanol–water partition coefficient (Wildman–Crippen LogP) is 2.60. The molecule has 4 nitrogen and oxygen atoms in total. The number of methoxy groups -OCH3 is 3. The van der Waals surface area contributed by atoms with Crippen molar-refractivity contribution in [3.63, 3.8) is 0 Å². The molecule has 0 heterocycles. The van der Waals surface area contributed by atoms with Crippen molar-refractivity contribution in [1.82, 2.24) is 5.32 Å². The summed E-state index contributed by atoms with van der Waals surface area (Å²) in [5.74, 6) is 2.24. The molecule has 1 aromatic carbocycles. The van der Waals surface area contributed by atoms with Crippen LogP contribution in [0.3, 0.4) is 0 Å². The second-order valence-electron chi connectivity index (χ2n) is 5.65. The highest BCUT2D eigenvalue weighted by Crippen LogP contribution is 2.45. The Morgan fingerprint density at radius 2 is 1.58 bits per heavy atom. The molecule has 1 N–H and O–H groups in total. The predicted molar refractivity (Wildman–Crippen MR) is 75.1 cm³/mol. The molecule has 1 aliphatic carbocycles. The van der Waals surface area contributed by atoms with E-state index in [9.17, 15) is 0 Å². The molecule has 0 aromatic heterocycles. The molecular weight excluding hydrogens is 242 g/mol. The molecule has 1 saturated carbocycles. The van der Waals surface area contributed by atoms with Gasteiger partial charge < -0.3 is 19.5 Å². The molecule has 2 rings (SSSR count). The molecule has 0 amide bonds. The van der Waals surface area contributed by atoms with E-state index >= 15 is 0 Å². The second kappa shape index (κ2) is 5.29. The van der Waals surface area contributed by atoms with Crippen LogP contribution in [0.25, 0.3) is 0 Å². The largest absolute Gasteiger partial charge is 0.496 e. The van der Waals surface area contributed by atoms with E-state index in [-0.39, 0.29) is 0 Å². The molecule has 0 aliphatic heterocycles. The summed E-state index contributed by atoms with van der Waals surface area (Å²) in [5.41, 5.74) is 1.51. The first-order valence-electron chi connectivity index (χ1n) is 6.54.